The van der Waals surface area contributed by atoms with E-state index in [1.807, 2.05) is 44.3 Å². The molecule has 0 N–H and O–H groups in total. The van der Waals surface area contributed by atoms with Crippen molar-refractivity contribution < 1.29 is 14.4 Å². The van der Waals surface area contributed by atoms with Gasteiger partial charge in [-0.15, -0.1) is 0 Å². The Bertz CT molecular complexity index is 1850. The lowest BCUT2D eigenvalue weighted by Crippen LogP contribution is -2.66. The zero-order chi connectivity index (χ0) is 33.9. The Morgan fingerprint density at radius 3 is 2.45 bits per heavy atom. The van der Waals surface area contributed by atoms with Crippen LogP contribution < -0.4 is 0 Å². The zero-order valence-corrected chi connectivity index (χ0v) is 30.8. The first kappa shape index (κ1) is 32.6. The Morgan fingerprint density at radius 2 is 1.74 bits per heavy atom. The molecule has 2 aromatic rings. The fourth-order valence-corrected chi connectivity index (χ4v) is 12.0. The maximum absolute atomic E-state index is 14.9. The van der Waals surface area contributed by atoms with Gasteiger partial charge in [0.2, 0.25) is 5.91 Å². The van der Waals surface area contributed by atoms with Crippen LogP contribution in [0.1, 0.15) is 98.2 Å². The number of carbonyl (C=O) groups is 3. The molecule has 47 heavy (non-hydrogen) atoms. The molecule has 8 heteroatoms. The van der Waals surface area contributed by atoms with Gasteiger partial charge in [0.25, 0.3) is 0 Å². The van der Waals surface area contributed by atoms with Crippen molar-refractivity contribution in [1.82, 2.24) is 14.5 Å². The third kappa shape index (κ3) is 4.29. The molecular formula is C39H45IN4O3. The molecule has 0 radical (unpaired) electrons. The number of Topliss-reactive ketones (excluding diaryl/α,β-unsaturated/α-hetero) is 1. The molecule has 0 bridgehead atoms. The van der Waals surface area contributed by atoms with Crippen LogP contribution in [0.3, 0.4) is 0 Å². The molecule has 246 valence electrons. The highest BCUT2D eigenvalue weighted by molar-refractivity contribution is 14.1. The first-order chi connectivity index (χ1) is 21.9. The largest absolute Gasteiger partial charge is 0.295 e. The van der Waals surface area contributed by atoms with Crippen LogP contribution in [-0.4, -0.2) is 32.0 Å². The van der Waals surface area contributed by atoms with Gasteiger partial charge in [-0.1, -0.05) is 60.1 Å². The summed E-state index contributed by atoms with van der Waals surface area (Å²) in [5.74, 6) is -0.350. The van der Waals surface area contributed by atoms with Gasteiger partial charge in [0.05, 0.1) is 11.0 Å². The Kier molecular flexibility index (Phi) is 7.14. The van der Waals surface area contributed by atoms with E-state index >= 15 is 0 Å². The van der Waals surface area contributed by atoms with Crippen molar-refractivity contribution in [2.45, 2.75) is 93.4 Å². The van der Waals surface area contributed by atoms with Gasteiger partial charge in [-0.3, -0.25) is 23.9 Å². The van der Waals surface area contributed by atoms with Gasteiger partial charge in [-0.05, 0) is 114 Å². The smallest absolute Gasteiger partial charge is 0.238 e. The van der Waals surface area contributed by atoms with Crippen molar-refractivity contribution in [2.75, 3.05) is 0 Å². The van der Waals surface area contributed by atoms with Crippen LogP contribution in [0.15, 0.2) is 54.2 Å². The van der Waals surface area contributed by atoms with Gasteiger partial charge in [0.15, 0.2) is 11.6 Å². The molecule has 0 amide bonds. The highest BCUT2D eigenvalue weighted by atomic mass is 127. The lowest BCUT2D eigenvalue weighted by molar-refractivity contribution is -0.164. The second-order valence-electron chi connectivity index (χ2n) is 17.2. The number of halogens is 1. The summed E-state index contributed by atoms with van der Waals surface area (Å²) in [7, 11) is 0. The van der Waals surface area contributed by atoms with Crippen LogP contribution in [0.5, 0.6) is 0 Å². The van der Waals surface area contributed by atoms with Crippen LogP contribution in [-0.2, 0) is 9.59 Å². The number of nitriles is 1. The minimum absolute atomic E-state index is 0.00218. The summed E-state index contributed by atoms with van der Waals surface area (Å²) >= 11 is 2.25. The van der Waals surface area contributed by atoms with E-state index in [2.05, 4.69) is 73.2 Å². The third-order valence-corrected chi connectivity index (χ3v) is 15.0. The molecule has 2 unspecified atom stereocenters. The normalized spacial score (nSPS) is 38.5. The second-order valence-corrected chi connectivity index (χ2v) is 18.4. The van der Waals surface area contributed by atoms with E-state index < -0.39 is 16.2 Å². The minimum atomic E-state index is -0.698. The number of hydrogen-bond acceptors (Lipinski definition) is 6. The van der Waals surface area contributed by atoms with Gasteiger partial charge in [-0.25, -0.2) is 4.98 Å². The van der Waals surface area contributed by atoms with E-state index in [9.17, 15) is 19.6 Å². The topological polar surface area (TPSA) is 106 Å². The molecule has 0 aliphatic heterocycles. The van der Waals surface area contributed by atoms with E-state index in [1.165, 1.54) is 0 Å². The monoisotopic (exact) mass is 744 g/mol. The fourth-order valence-electron chi connectivity index (χ4n) is 11.4. The first-order valence-electron chi connectivity index (χ1n) is 17.1. The molecule has 3 fully saturated rings. The van der Waals surface area contributed by atoms with Gasteiger partial charge in [0, 0.05) is 32.7 Å². The van der Waals surface area contributed by atoms with Crippen molar-refractivity contribution in [1.29, 1.82) is 5.26 Å². The molecule has 7 atom stereocenters. The lowest BCUT2D eigenvalue weighted by atomic mass is 9.34. The van der Waals surface area contributed by atoms with Crippen molar-refractivity contribution >= 4 is 40.1 Å². The summed E-state index contributed by atoms with van der Waals surface area (Å²) in [6.45, 7) is 15.3. The zero-order valence-electron chi connectivity index (χ0n) is 28.6. The molecule has 5 aliphatic rings. The van der Waals surface area contributed by atoms with Crippen LogP contribution in [0.25, 0.3) is 11.4 Å². The fraction of sp³-hybridized carbons (Fsp3) is 0.590. The van der Waals surface area contributed by atoms with E-state index in [-0.39, 0.29) is 57.0 Å². The van der Waals surface area contributed by atoms with E-state index in [4.69, 9.17) is 0 Å². The molecule has 7 rings (SSSR count). The summed E-state index contributed by atoms with van der Waals surface area (Å²) in [4.78, 5) is 52.2. The summed E-state index contributed by atoms with van der Waals surface area (Å²) < 4.78 is 2.65. The standard InChI is InChI=1S/C39H45IN4O3/c1-34(2)12-14-39(33(47)44-21-26(43-22-44)31-25(40)9-8-16-42-31)15-13-38(7)30(24(39)19-34)27(45)17-29-36(5)18-23(20-41)32(46)35(3,4)28(36)10-11-37(29,38)6/h8-9,16-18,21-22,24,28,30H,10-15,19H2,1-7H3/t24?,28?,30-,36-,37+,38+,39-/m0/s1. The van der Waals surface area contributed by atoms with Crippen molar-refractivity contribution in [2.24, 2.45) is 50.2 Å². The number of allylic oxidation sites excluding steroid dienone is 4. The summed E-state index contributed by atoms with van der Waals surface area (Å²) in [6, 6.07) is 6.07. The number of imidazole rings is 1. The lowest BCUT2D eigenvalue weighted by Gasteiger charge is -2.69. The number of pyridine rings is 1. The SMILES string of the molecule is CC1(C)CC[C@]2(C(=O)n3cnc(-c4ncccc4I)c3)CC[C@]3(C)[C@H](C(=O)C=C4[C@@]5(C)C=C(C#N)C(=O)C(C)(C)C5CC[C@]43C)C2C1. The van der Waals surface area contributed by atoms with Crippen LogP contribution in [0.4, 0.5) is 0 Å². The quantitative estimate of drug-likeness (QED) is 0.286. The Balaban J connectivity index is 1.34. The Labute approximate surface area is 291 Å². The number of nitrogens with zero attached hydrogens (tertiary/aromatic N) is 4. The molecule has 0 spiro atoms. The van der Waals surface area contributed by atoms with Crippen LogP contribution in [0.2, 0.25) is 0 Å². The first-order valence-corrected chi connectivity index (χ1v) is 18.2. The van der Waals surface area contributed by atoms with Crippen molar-refractivity contribution in [3.05, 3.63) is 57.7 Å². The van der Waals surface area contributed by atoms with E-state index in [1.54, 1.807) is 17.1 Å². The maximum Gasteiger partial charge on any atom is 0.238 e. The van der Waals surface area contributed by atoms with Crippen molar-refractivity contribution in [3.63, 3.8) is 0 Å². The van der Waals surface area contributed by atoms with Crippen LogP contribution >= 0.6 is 22.6 Å². The number of carbonyl (C=O) groups excluding carboxylic acids is 3. The molecular weight excluding hydrogens is 699 g/mol. The second kappa shape index (κ2) is 10.3. The molecule has 2 heterocycles. The van der Waals surface area contributed by atoms with Gasteiger partial charge in [-0.2, -0.15) is 5.26 Å². The minimum Gasteiger partial charge on any atom is -0.295 e. The Hall–Kier alpha value is -2.93. The van der Waals surface area contributed by atoms with Gasteiger partial charge < -0.3 is 0 Å². The van der Waals surface area contributed by atoms with Gasteiger partial charge in [0.1, 0.15) is 23.8 Å². The average molecular weight is 745 g/mol. The highest BCUT2D eigenvalue weighted by Crippen LogP contribution is 2.74. The predicted octanol–water partition coefficient (Wildman–Crippen LogP) is 8.41. The summed E-state index contributed by atoms with van der Waals surface area (Å²) in [5.41, 5.74) is 0.0851. The number of fused-ring (bicyclic) bond motifs is 7. The van der Waals surface area contributed by atoms with E-state index in [0.717, 1.165) is 53.4 Å². The van der Waals surface area contributed by atoms with Crippen molar-refractivity contribution in [3.8, 4) is 17.5 Å². The van der Waals surface area contributed by atoms with E-state index in [0.29, 0.717) is 12.1 Å². The number of aromatic nitrogens is 3. The molecule has 0 saturated heterocycles. The van der Waals surface area contributed by atoms with Crippen LogP contribution in [0, 0.1) is 65.1 Å². The number of hydrogen-bond donors (Lipinski definition) is 0. The maximum atomic E-state index is 14.9. The molecule has 7 nitrogen and oxygen atoms in total. The third-order valence-electron chi connectivity index (χ3n) is 14.1. The molecule has 3 saturated carbocycles. The van der Waals surface area contributed by atoms with Gasteiger partial charge >= 0.3 is 0 Å². The summed E-state index contributed by atoms with van der Waals surface area (Å²) in [6.07, 6.45) is 14.7. The highest BCUT2D eigenvalue weighted by Gasteiger charge is 2.71. The summed E-state index contributed by atoms with van der Waals surface area (Å²) in [5, 5.41) is 10.0. The molecule has 0 aromatic carbocycles. The number of ketones is 2. The predicted molar refractivity (Wildman–Crippen MR) is 188 cm³/mol. The Morgan fingerprint density at radius 1 is 1.02 bits per heavy atom. The molecule has 5 aliphatic carbocycles. The molecule has 2 aromatic heterocycles. The average Bonchev–Trinajstić information content (AvgIpc) is 3.50. The number of rotatable bonds is 2.